The van der Waals surface area contributed by atoms with Gasteiger partial charge in [-0.25, -0.2) is 0 Å². The molecule has 1 heteroatoms. The molecule has 1 saturated carbocycles. The minimum Gasteiger partial charge on any atom is -0.295 e. The highest BCUT2D eigenvalue weighted by atomic mass is 16.1. The molecule has 116 valence electrons. The van der Waals surface area contributed by atoms with Crippen LogP contribution in [0.2, 0.25) is 0 Å². The Morgan fingerprint density at radius 1 is 1.33 bits per heavy atom. The summed E-state index contributed by atoms with van der Waals surface area (Å²) in [7, 11) is 0. The number of ketones is 1. The van der Waals surface area contributed by atoms with Crippen LogP contribution in [0.1, 0.15) is 66.2 Å². The Morgan fingerprint density at radius 3 is 2.71 bits per heavy atom. The molecule has 0 spiro atoms. The Hall–Kier alpha value is -1.11. The molecule has 2 aliphatic rings. The fraction of sp³-hybridized carbons (Fsp3) is 0.650. The number of hydrogen-bond acceptors (Lipinski definition) is 1. The Kier molecular flexibility index (Phi) is 4.91. The monoisotopic (exact) mass is 286 g/mol. The molecule has 0 radical (unpaired) electrons. The van der Waals surface area contributed by atoms with Gasteiger partial charge in [-0.05, 0) is 75.7 Å². The van der Waals surface area contributed by atoms with Crippen LogP contribution < -0.4 is 0 Å². The summed E-state index contributed by atoms with van der Waals surface area (Å²) in [5.74, 6) is 1.31. The van der Waals surface area contributed by atoms with Gasteiger partial charge in [-0.3, -0.25) is 4.79 Å². The number of carbonyl (C=O) groups is 1. The van der Waals surface area contributed by atoms with E-state index in [-0.39, 0.29) is 5.41 Å². The fourth-order valence-corrected chi connectivity index (χ4v) is 4.09. The topological polar surface area (TPSA) is 17.1 Å². The van der Waals surface area contributed by atoms with Gasteiger partial charge in [0.1, 0.15) is 0 Å². The van der Waals surface area contributed by atoms with Crippen LogP contribution in [0.5, 0.6) is 0 Å². The van der Waals surface area contributed by atoms with Gasteiger partial charge in [0.25, 0.3) is 0 Å². The number of rotatable bonds is 1. The largest absolute Gasteiger partial charge is 0.295 e. The Bertz CT molecular complexity index is 494. The number of allylic oxidation sites excluding steroid dienone is 5. The number of Topliss-reactive ketones (excluding diaryl/α,β-unsaturated/α-hetero) is 1. The van der Waals surface area contributed by atoms with Gasteiger partial charge in [0.15, 0.2) is 5.78 Å². The molecule has 0 heterocycles. The van der Waals surface area contributed by atoms with Gasteiger partial charge in [0.05, 0.1) is 0 Å². The van der Waals surface area contributed by atoms with Crippen LogP contribution in [-0.4, -0.2) is 5.78 Å². The molecule has 0 N–H and O–H groups in total. The van der Waals surface area contributed by atoms with E-state index in [1.165, 1.54) is 24.0 Å². The van der Waals surface area contributed by atoms with Crippen molar-refractivity contribution in [2.75, 3.05) is 0 Å². The Labute approximate surface area is 130 Å². The highest BCUT2D eigenvalue weighted by Crippen LogP contribution is 2.53. The number of fused-ring (bicyclic) bond motifs is 1. The van der Waals surface area contributed by atoms with Crippen molar-refractivity contribution in [3.63, 3.8) is 0 Å². The summed E-state index contributed by atoms with van der Waals surface area (Å²) in [6.07, 6.45) is 10.8. The van der Waals surface area contributed by atoms with Crippen molar-refractivity contribution < 1.29 is 4.79 Å². The highest BCUT2D eigenvalue weighted by molar-refractivity contribution is 5.95. The van der Waals surface area contributed by atoms with Crippen LogP contribution in [-0.2, 0) is 4.79 Å². The molecule has 0 aromatic rings. The zero-order valence-electron chi connectivity index (χ0n) is 14.2. The molecule has 1 fully saturated rings. The van der Waals surface area contributed by atoms with E-state index >= 15 is 0 Å². The lowest BCUT2D eigenvalue weighted by Crippen LogP contribution is -2.28. The molecule has 3 unspecified atom stereocenters. The Morgan fingerprint density at radius 2 is 2.05 bits per heavy atom. The molecule has 0 saturated heterocycles. The van der Waals surface area contributed by atoms with E-state index in [1.54, 1.807) is 0 Å². The molecule has 2 aliphatic carbocycles. The van der Waals surface area contributed by atoms with Crippen molar-refractivity contribution in [3.8, 4) is 0 Å². The first-order valence-corrected chi connectivity index (χ1v) is 8.34. The summed E-state index contributed by atoms with van der Waals surface area (Å²) >= 11 is 0. The average Bonchev–Trinajstić information content (AvgIpc) is 2.73. The maximum atomic E-state index is 12.6. The predicted octanol–water partition coefficient (Wildman–Crippen LogP) is 5.63. The SMILES string of the molecule is C=C(C)C1CCC2(C)CC=C(C)CCC=C(C)C(=O)CC12. The molecular weight excluding hydrogens is 256 g/mol. The first-order valence-electron chi connectivity index (χ1n) is 8.34. The third-order valence-electron chi connectivity index (χ3n) is 5.79. The second kappa shape index (κ2) is 6.34. The normalized spacial score (nSPS) is 34.6. The fourth-order valence-electron chi connectivity index (χ4n) is 4.09. The highest BCUT2D eigenvalue weighted by Gasteiger charge is 2.45. The van der Waals surface area contributed by atoms with Crippen LogP contribution in [0.25, 0.3) is 0 Å². The van der Waals surface area contributed by atoms with Gasteiger partial charge in [0, 0.05) is 6.42 Å². The maximum Gasteiger partial charge on any atom is 0.158 e. The summed E-state index contributed by atoms with van der Waals surface area (Å²) in [5, 5.41) is 0. The molecular formula is C20H30O. The molecule has 0 aromatic heterocycles. The van der Waals surface area contributed by atoms with E-state index in [0.29, 0.717) is 24.0 Å². The minimum atomic E-state index is 0.255. The minimum absolute atomic E-state index is 0.255. The molecule has 0 aliphatic heterocycles. The van der Waals surface area contributed by atoms with Crippen LogP contribution in [0.3, 0.4) is 0 Å². The van der Waals surface area contributed by atoms with E-state index in [1.807, 2.05) is 6.92 Å². The number of hydrogen-bond donors (Lipinski definition) is 0. The van der Waals surface area contributed by atoms with E-state index in [9.17, 15) is 4.79 Å². The average molecular weight is 286 g/mol. The van der Waals surface area contributed by atoms with Gasteiger partial charge >= 0.3 is 0 Å². The lowest BCUT2D eigenvalue weighted by atomic mass is 9.70. The summed E-state index contributed by atoms with van der Waals surface area (Å²) < 4.78 is 0. The van der Waals surface area contributed by atoms with Crippen molar-refractivity contribution in [1.82, 2.24) is 0 Å². The van der Waals surface area contributed by atoms with Crippen LogP contribution in [0.4, 0.5) is 0 Å². The number of carbonyl (C=O) groups excluding carboxylic acids is 1. The van der Waals surface area contributed by atoms with E-state index in [0.717, 1.165) is 24.8 Å². The lowest BCUT2D eigenvalue weighted by molar-refractivity contribution is -0.117. The quantitative estimate of drug-likeness (QED) is 0.571. The van der Waals surface area contributed by atoms with Gasteiger partial charge in [-0.15, -0.1) is 0 Å². The van der Waals surface area contributed by atoms with Crippen molar-refractivity contribution in [2.45, 2.75) is 66.2 Å². The zero-order chi connectivity index (χ0) is 15.6. The third-order valence-corrected chi connectivity index (χ3v) is 5.79. The van der Waals surface area contributed by atoms with E-state index in [2.05, 4.69) is 39.5 Å². The predicted molar refractivity (Wildman–Crippen MR) is 90.1 cm³/mol. The molecule has 3 atom stereocenters. The van der Waals surface area contributed by atoms with Crippen LogP contribution in [0.15, 0.2) is 35.5 Å². The Balaban J connectivity index is 2.35. The maximum absolute atomic E-state index is 12.6. The summed E-state index contributed by atoms with van der Waals surface area (Å²) in [4.78, 5) is 12.6. The van der Waals surface area contributed by atoms with Gasteiger partial charge in [-0.2, -0.15) is 0 Å². The molecule has 2 rings (SSSR count). The smallest absolute Gasteiger partial charge is 0.158 e. The van der Waals surface area contributed by atoms with Crippen molar-refractivity contribution in [2.24, 2.45) is 17.3 Å². The summed E-state index contributed by atoms with van der Waals surface area (Å²) in [5.41, 5.74) is 3.94. The summed E-state index contributed by atoms with van der Waals surface area (Å²) in [6, 6.07) is 0. The van der Waals surface area contributed by atoms with Gasteiger partial charge < -0.3 is 0 Å². The molecule has 1 nitrogen and oxygen atoms in total. The third kappa shape index (κ3) is 3.56. The van der Waals surface area contributed by atoms with Crippen molar-refractivity contribution in [1.29, 1.82) is 0 Å². The molecule has 0 aromatic carbocycles. The van der Waals surface area contributed by atoms with Crippen molar-refractivity contribution >= 4 is 5.78 Å². The van der Waals surface area contributed by atoms with E-state index < -0.39 is 0 Å². The molecule has 0 amide bonds. The first kappa shape index (κ1) is 16.3. The molecule has 21 heavy (non-hydrogen) atoms. The second-order valence-electron chi connectivity index (χ2n) is 7.56. The lowest BCUT2D eigenvalue weighted by Gasteiger charge is -2.34. The van der Waals surface area contributed by atoms with Crippen molar-refractivity contribution in [3.05, 3.63) is 35.5 Å². The van der Waals surface area contributed by atoms with Gasteiger partial charge in [0.2, 0.25) is 0 Å². The van der Waals surface area contributed by atoms with E-state index in [4.69, 9.17) is 0 Å². The zero-order valence-corrected chi connectivity index (χ0v) is 14.2. The van der Waals surface area contributed by atoms with Crippen LogP contribution >= 0.6 is 0 Å². The first-order chi connectivity index (χ1) is 9.83. The summed E-state index contributed by atoms with van der Waals surface area (Å²) in [6.45, 7) is 12.9. The van der Waals surface area contributed by atoms with Gasteiger partial charge in [-0.1, -0.05) is 36.8 Å². The second-order valence-corrected chi connectivity index (χ2v) is 7.56. The van der Waals surface area contributed by atoms with Crippen LogP contribution in [0, 0.1) is 17.3 Å². The standard InChI is InChI=1S/C20H30O/c1-14(2)17-10-12-20(5)11-9-15(3)7-6-8-16(4)19(21)13-18(17)20/h8-9,17-18H,1,6-7,10-13H2,2-5H3. The molecule has 0 bridgehead atoms.